The van der Waals surface area contributed by atoms with Crippen molar-refractivity contribution in [1.29, 1.82) is 5.41 Å². The molecule has 4 aromatic rings. The second-order valence-electron chi connectivity index (χ2n) is 7.55. The molecule has 0 saturated carbocycles. The molecule has 0 atom stereocenters. The number of nitrogens with two attached hydrogens (primary N) is 1. The van der Waals surface area contributed by atoms with E-state index in [9.17, 15) is 0 Å². The molecule has 6 nitrogen and oxygen atoms in total. The van der Waals surface area contributed by atoms with Crippen LogP contribution >= 0.6 is 11.8 Å². The number of carbonyl (C=O) groups excluding carboxylic acids is 1. The average molecular weight is 500 g/mol. The minimum Gasteiger partial charge on any atom is -0.497 e. The monoisotopic (exact) mass is 499 g/mol. The summed E-state index contributed by atoms with van der Waals surface area (Å²) in [5, 5.41) is 11.6. The summed E-state index contributed by atoms with van der Waals surface area (Å²) >= 11 is 1.63. The molecule has 0 aliphatic heterocycles. The molecule has 36 heavy (non-hydrogen) atoms. The van der Waals surface area contributed by atoms with Gasteiger partial charge in [-0.05, 0) is 65.6 Å². The number of amides is 1. The van der Waals surface area contributed by atoms with E-state index in [0.717, 1.165) is 38.6 Å². The summed E-state index contributed by atoms with van der Waals surface area (Å²) in [6.07, 6.45) is 5.96. The molecule has 1 aromatic heterocycles. The number of fused-ring (bicyclic) bond motifs is 1. The van der Waals surface area contributed by atoms with Gasteiger partial charge >= 0.3 is 0 Å². The molecular formula is C29H29N3O3S. The van der Waals surface area contributed by atoms with Crippen LogP contribution in [0.15, 0.2) is 107 Å². The van der Waals surface area contributed by atoms with Gasteiger partial charge in [0.05, 0.1) is 26.5 Å². The van der Waals surface area contributed by atoms with Crippen LogP contribution in [0.25, 0.3) is 22.2 Å². The molecule has 0 spiro atoms. The van der Waals surface area contributed by atoms with Gasteiger partial charge in [0, 0.05) is 21.5 Å². The number of rotatable bonds is 9. The van der Waals surface area contributed by atoms with E-state index in [1.165, 1.54) is 0 Å². The van der Waals surface area contributed by atoms with Gasteiger partial charge in [0.15, 0.2) is 0 Å². The fourth-order valence-electron chi connectivity index (χ4n) is 3.61. The Morgan fingerprint density at radius 2 is 1.61 bits per heavy atom. The first-order chi connectivity index (χ1) is 17.6. The maximum atomic E-state index is 8.58. The summed E-state index contributed by atoms with van der Waals surface area (Å²) in [5.41, 5.74) is 7.99. The van der Waals surface area contributed by atoms with Crippen molar-refractivity contribution in [3.63, 3.8) is 0 Å². The third kappa shape index (κ3) is 7.13. The predicted molar refractivity (Wildman–Crippen MR) is 149 cm³/mol. The van der Waals surface area contributed by atoms with E-state index in [4.69, 9.17) is 19.7 Å². The SMILES string of the molecule is COc1ccc(S/C=C/C=C\C(=N)Cn2c(-c3ccccc3)cc3cc(OC)ccc32)cc1.NC=O. The van der Waals surface area contributed by atoms with Crippen LogP contribution in [-0.2, 0) is 11.3 Å². The quantitative estimate of drug-likeness (QED) is 0.122. The Balaban J connectivity index is 0.00000115. The number of nitrogens with one attached hydrogen (secondary N) is 1. The molecule has 0 saturated heterocycles. The Bertz CT molecular complexity index is 1340. The van der Waals surface area contributed by atoms with E-state index in [-0.39, 0.29) is 6.41 Å². The van der Waals surface area contributed by atoms with Crippen molar-refractivity contribution in [3.8, 4) is 22.8 Å². The highest BCUT2D eigenvalue weighted by Gasteiger charge is 2.12. The minimum absolute atomic E-state index is 0.250. The number of thioether (sulfide) groups is 1. The van der Waals surface area contributed by atoms with Gasteiger partial charge in [0.1, 0.15) is 11.5 Å². The summed E-state index contributed by atoms with van der Waals surface area (Å²) in [4.78, 5) is 9.72. The summed E-state index contributed by atoms with van der Waals surface area (Å²) in [6.45, 7) is 0.482. The molecule has 1 amide bonds. The Kier molecular flexibility index (Phi) is 9.97. The molecule has 0 fully saturated rings. The van der Waals surface area contributed by atoms with Crippen molar-refractivity contribution in [2.45, 2.75) is 11.4 Å². The normalized spacial score (nSPS) is 10.8. The van der Waals surface area contributed by atoms with Crippen LogP contribution in [-0.4, -0.2) is 30.9 Å². The van der Waals surface area contributed by atoms with Crippen LogP contribution in [0, 0.1) is 5.41 Å². The van der Waals surface area contributed by atoms with Gasteiger partial charge in [-0.25, -0.2) is 0 Å². The van der Waals surface area contributed by atoms with Crippen LogP contribution in [0.2, 0.25) is 0 Å². The number of methoxy groups -OCH3 is 2. The number of hydrogen-bond acceptors (Lipinski definition) is 5. The molecular weight excluding hydrogens is 470 g/mol. The number of ether oxygens (including phenoxy) is 2. The van der Waals surface area contributed by atoms with Gasteiger partial charge in [-0.15, -0.1) is 0 Å². The number of hydrogen-bond donors (Lipinski definition) is 2. The fraction of sp³-hybridized carbons (Fsp3) is 0.103. The van der Waals surface area contributed by atoms with E-state index in [2.05, 4.69) is 34.6 Å². The van der Waals surface area contributed by atoms with Gasteiger partial charge in [-0.3, -0.25) is 4.79 Å². The molecule has 1 heterocycles. The molecule has 0 bridgehead atoms. The van der Waals surface area contributed by atoms with Gasteiger partial charge in [0.25, 0.3) is 0 Å². The van der Waals surface area contributed by atoms with Crippen LogP contribution in [0.5, 0.6) is 11.5 Å². The van der Waals surface area contributed by atoms with Crippen LogP contribution in [0.3, 0.4) is 0 Å². The maximum Gasteiger partial charge on any atom is 0.204 e. The first-order valence-electron chi connectivity index (χ1n) is 11.2. The number of primary amides is 1. The summed E-state index contributed by atoms with van der Waals surface area (Å²) in [5.74, 6) is 1.68. The number of benzene rings is 3. The van der Waals surface area contributed by atoms with Crippen molar-refractivity contribution < 1.29 is 14.3 Å². The zero-order valence-electron chi connectivity index (χ0n) is 20.3. The zero-order chi connectivity index (χ0) is 25.8. The lowest BCUT2D eigenvalue weighted by Crippen LogP contribution is -2.08. The van der Waals surface area contributed by atoms with E-state index in [1.54, 1.807) is 26.0 Å². The molecule has 0 aliphatic carbocycles. The third-order valence-corrected chi connectivity index (χ3v) is 6.09. The molecule has 184 valence electrons. The highest BCUT2D eigenvalue weighted by molar-refractivity contribution is 8.02. The molecule has 3 N–H and O–H groups in total. The standard InChI is InChI=1S/C28H26N2O2S.CH3NO/c1-31-24-11-14-26(15-12-24)33-17-7-6-10-23(29)20-30-27-16-13-25(32-2)18-22(27)19-28(30)21-8-4-3-5-9-21;2-1-3/h3-19,29H,20H2,1-2H3;1H,(H2,2,3)/b10-6-,17-7+,29-23?;. The molecule has 4 rings (SSSR count). The fourth-order valence-corrected chi connectivity index (χ4v) is 4.23. The van der Waals surface area contributed by atoms with Crippen molar-refractivity contribution in [2.75, 3.05) is 14.2 Å². The molecule has 0 aliphatic rings. The summed E-state index contributed by atoms with van der Waals surface area (Å²) in [7, 11) is 3.34. The predicted octanol–water partition coefficient (Wildman–Crippen LogP) is 6.31. The highest BCUT2D eigenvalue weighted by Crippen LogP contribution is 2.30. The number of aromatic nitrogens is 1. The Morgan fingerprint density at radius 1 is 0.944 bits per heavy atom. The van der Waals surface area contributed by atoms with E-state index in [1.807, 2.05) is 78.2 Å². The smallest absolute Gasteiger partial charge is 0.204 e. The third-order valence-electron chi connectivity index (χ3n) is 5.26. The Hall–Kier alpha value is -4.23. The zero-order valence-corrected chi connectivity index (χ0v) is 21.1. The summed E-state index contributed by atoms with van der Waals surface area (Å²) in [6, 6.07) is 26.5. The van der Waals surface area contributed by atoms with Crippen molar-refractivity contribution in [1.82, 2.24) is 4.57 Å². The van der Waals surface area contributed by atoms with Crippen molar-refractivity contribution in [3.05, 3.63) is 102 Å². The Labute approximate surface area is 215 Å². The first kappa shape index (κ1) is 26.4. The Morgan fingerprint density at radius 3 is 2.28 bits per heavy atom. The van der Waals surface area contributed by atoms with E-state index < -0.39 is 0 Å². The van der Waals surface area contributed by atoms with Gasteiger partial charge in [-0.2, -0.15) is 0 Å². The minimum atomic E-state index is 0.250. The maximum absolute atomic E-state index is 8.58. The van der Waals surface area contributed by atoms with Crippen LogP contribution < -0.4 is 15.2 Å². The lowest BCUT2D eigenvalue weighted by atomic mass is 10.1. The highest BCUT2D eigenvalue weighted by atomic mass is 32.2. The molecule has 7 heteroatoms. The van der Waals surface area contributed by atoms with E-state index in [0.29, 0.717) is 12.3 Å². The van der Waals surface area contributed by atoms with Gasteiger partial charge in [-0.1, -0.05) is 54.2 Å². The average Bonchev–Trinajstić information content (AvgIpc) is 3.27. The van der Waals surface area contributed by atoms with E-state index >= 15 is 0 Å². The lowest BCUT2D eigenvalue weighted by Gasteiger charge is -2.11. The number of carbonyl (C=O) groups is 1. The van der Waals surface area contributed by atoms with Crippen LogP contribution in [0.4, 0.5) is 0 Å². The van der Waals surface area contributed by atoms with Crippen molar-refractivity contribution >= 4 is 34.8 Å². The first-order valence-corrected chi connectivity index (χ1v) is 12.1. The number of nitrogens with zero attached hydrogens (tertiary/aromatic N) is 1. The van der Waals surface area contributed by atoms with Gasteiger partial charge < -0.3 is 25.2 Å². The second-order valence-corrected chi connectivity index (χ2v) is 8.53. The molecule has 3 aromatic carbocycles. The largest absolute Gasteiger partial charge is 0.497 e. The van der Waals surface area contributed by atoms with Crippen molar-refractivity contribution in [2.24, 2.45) is 5.73 Å². The van der Waals surface area contributed by atoms with Gasteiger partial charge in [0.2, 0.25) is 6.41 Å². The summed E-state index contributed by atoms with van der Waals surface area (Å²) < 4.78 is 12.8. The second kappa shape index (κ2) is 13.6. The van der Waals surface area contributed by atoms with Crippen LogP contribution in [0.1, 0.15) is 0 Å². The lowest BCUT2D eigenvalue weighted by molar-refractivity contribution is -0.106. The molecule has 0 radical (unpaired) electrons. The number of allylic oxidation sites excluding steroid dienone is 3. The molecule has 0 unspecified atom stereocenters. The topological polar surface area (TPSA) is 90.3 Å².